The molecule has 1 amide bonds. The topological polar surface area (TPSA) is 29.1 Å². The van der Waals surface area contributed by atoms with Crippen molar-refractivity contribution in [2.24, 2.45) is 0 Å². The molecule has 2 nitrogen and oxygen atoms in total. The van der Waals surface area contributed by atoms with Crippen LogP contribution < -0.4 is 5.32 Å². The smallest absolute Gasteiger partial charge is 0.256 e. The van der Waals surface area contributed by atoms with Crippen LogP contribution in [0, 0.1) is 3.57 Å². The maximum atomic E-state index is 12.2. The SMILES string of the molecule is CCCCc1ccc(NC(=O)c2ccccc2I)cc1. The van der Waals surface area contributed by atoms with Gasteiger partial charge in [-0.2, -0.15) is 0 Å². The Balaban J connectivity index is 2.03. The third-order valence-electron chi connectivity index (χ3n) is 3.15. The normalized spacial score (nSPS) is 10.3. The maximum absolute atomic E-state index is 12.2. The van der Waals surface area contributed by atoms with Gasteiger partial charge < -0.3 is 5.32 Å². The number of halogens is 1. The third-order valence-corrected chi connectivity index (χ3v) is 4.09. The summed E-state index contributed by atoms with van der Waals surface area (Å²) < 4.78 is 0.960. The molecule has 104 valence electrons. The van der Waals surface area contributed by atoms with E-state index in [1.807, 2.05) is 36.4 Å². The second-order valence-corrected chi connectivity index (χ2v) is 5.90. The number of hydrogen-bond acceptors (Lipinski definition) is 1. The lowest BCUT2D eigenvalue weighted by atomic mass is 10.1. The second-order valence-electron chi connectivity index (χ2n) is 4.73. The quantitative estimate of drug-likeness (QED) is 0.737. The van der Waals surface area contributed by atoms with Crippen molar-refractivity contribution in [3.8, 4) is 0 Å². The lowest BCUT2D eigenvalue weighted by Gasteiger charge is -2.08. The van der Waals surface area contributed by atoms with Crippen molar-refractivity contribution in [3.63, 3.8) is 0 Å². The van der Waals surface area contributed by atoms with Crippen molar-refractivity contribution < 1.29 is 4.79 Å². The van der Waals surface area contributed by atoms with Crippen molar-refractivity contribution >= 4 is 34.2 Å². The number of carbonyl (C=O) groups excluding carboxylic acids is 1. The van der Waals surface area contributed by atoms with Crippen molar-refractivity contribution in [2.75, 3.05) is 5.32 Å². The van der Waals surface area contributed by atoms with Crippen molar-refractivity contribution in [3.05, 3.63) is 63.2 Å². The van der Waals surface area contributed by atoms with E-state index in [0.717, 1.165) is 15.7 Å². The van der Waals surface area contributed by atoms with Gasteiger partial charge in [-0.15, -0.1) is 0 Å². The zero-order valence-electron chi connectivity index (χ0n) is 11.5. The number of rotatable bonds is 5. The number of nitrogens with one attached hydrogen (secondary N) is 1. The fourth-order valence-electron chi connectivity index (χ4n) is 1.98. The highest BCUT2D eigenvalue weighted by molar-refractivity contribution is 14.1. The van der Waals surface area contributed by atoms with Gasteiger partial charge in [-0.25, -0.2) is 0 Å². The van der Waals surface area contributed by atoms with Gasteiger partial charge in [-0.3, -0.25) is 4.79 Å². The molecule has 0 bridgehead atoms. The first kappa shape index (κ1) is 15.0. The van der Waals surface area contributed by atoms with E-state index in [1.165, 1.54) is 18.4 Å². The fraction of sp³-hybridized carbons (Fsp3) is 0.235. The zero-order valence-corrected chi connectivity index (χ0v) is 13.7. The highest BCUT2D eigenvalue weighted by Crippen LogP contribution is 2.16. The Labute approximate surface area is 133 Å². The molecule has 0 saturated carbocycles. The molecule has 0 radical (unpaired) electrons. The van der Waals surface area contributed by atoms with E-state index >= 15 is 0 Å². The number of aryl methyl sites for hydroxylation is 1. The summed E-state index contributed by atoms with van der Waals surface area (Å²) in [5.74, 6) is -0.0590. The number of carbonyl (C=O) groups is 1. The largest absolute Gasteiger partial charge is 0.322 e. The Morgan fingerprint density at radius 2 is 1.80 bits per heavy atom. The van der Waals surface area contributed by atoms with Gasteiger partial charge in [-0.1, -0.05) is 37.6 Å². The van der Waals surface area contributed by atoms with Gasteiger partial charge in [0.25, 0.3) is 5.91 Å². The molecule has 0 aliphatic rings. The zero-order chi connectivity index (χ0) is 14.4. The molecule has 2 aromatic carbocycles. The minimum absolute atomic E-state index is 0.0590. The summed E-state index contributed by atoms with van der Waals surface area (Å²) in [6.07, 6.45) is 3.50. The molecule has 0 atom stereocenters. The molecule has 0 saturated heterocycles. The molecule has 0 heterocycles. The molecule has 1 N–H and O–H groups in total. The molecule has 0 aliphatic carbocycles. The Kier molecular flexibility index (Phi) is 5.59. The fourth-order valence-corrected chi connectivity index (χ4v) is 2.61. The highest BCUT2D eigenvalue weighted by atomic mass is 127. The number of amides is 1. The Morgan fingerprint density at radius 1 is 1.10 bits per heavy atom. The molecule has 20 heavy (non-hydrogen) atoms. The molecule has 3 heteroatoms. The van der Waals surface area contributed by atoms with Crippen LogP contribution in [0.4, 0.5) is 5.69 Å². The molecule has 0 aliphatic heterocycles. The van der Waals surface area contributed by atoms with Crippen molar-refractivity contribution in [1.29, 1.82) is 0 Å². The molecular formula is C17H18INO. The van der Waals surface area contributed by atoms with Gasteiger partial charge >= 0.3 is 0 Å². The molecule has 2 rings (SSSR count). The van der Waals surface area contributed by atoms with Crippen LogP contribution in [0.2, 0.25) is 0 Å². The van der Waals surface area contributed by atoms with E-state index in [1.54, 1.807) is 0 Å². The second kappa shape index (κ2) is 7.43. The van der Waals surface area contributed by atoms with Crippen molar-refractivity contribution in [1.82, 2.24) is 0 Å². The summed E-state index contributed by atoms with van der Waals surface area (Å²) in [4.78, 5) is 12.2. The standard InChI is InChI=1S/C17H18INO/c1-2-3-6-13-9-11-14(12-10-13)19-17(20)15-7-4-5-8-16(15)18/h4-5,7-12H,2-3,6H2,1H3,(H,19,20). The van der Waals surface area contributed by atoms with Gasteiger partial charge in [0.1, 0.15) is 0 Å². The highest BCUT2D eigenvalue weighted by Gasteiger charge is 2.09. The summed E-state index contributed by atoms with van der Waals surface area (Å²) >= 11 is 2.18. The lowest BCUT2D eigenvalue weighted by Crippen LogP contribution is -2.13. The van der Waals surface area contributed by atoms with Crippen LogP contribution in [0.1, 0.15) is 35.7 Å². The molecule has 0 aromatic heterocycles. The maximum Gasteiger partial charge on any atom is 0.256 e. The number of benzene rings is 2. The van der Waals surface area contributed by atoms with Gasteiger partial charge in [0.05, 0.1) is 5.56 Å². The molecule has 2 aromatic rings. The van der Waals surface area contributed by atoms with Crippen LogP contribution in [0.25, 0.3) is 0 Å². The van der Waals surface area contributed by atoms with Crippen molar-refractivity contribution in [2.45, 2.75) is 26.2 Å². The van der Waals surface area contributed by atoms with E-state index in [0.29, 0.717) is 5.56 Å². The van der Waals surface area contributed by atoms with E-state index in [9.17, 15) is 4.79 Å². The molecule has 0 fully saturated rings. The van der Waals surface area contributed by atoms with Crippen LogP contribution in [0.3, 0.4) is 0 Å². The predicted molar refractivity (Wildman–Crippen MR) is 92.2 cm³/mol. The summed E-state index contributed by atoms with van der Waals surface area (Å²) in [5, 5.41) is 2.94. The third kappa shape index (κ3) is 4.07. The van der Waals surface area contributed by atoms with E-state index in [2.05, 4.69) is 47.0 Å². The predicted octanol–water partition coefficient (Wildman–Crippen LogP) is 4.89. The minimum atomic E-state index is -0.0590. The first-order valence-corrected chi connectivity index (χ1v) is 7.93. The van der Waals surface area contributed by atoms with Crippen LogP contribution in [0.15, 0.2) is 48.5 Å². The van der Waals surface area contributed by atoms with Gasteiger partial charge in [0.15, 0.2) is 0 Å². The Bertz CT molecular complexity index is 578. The molecule has 0 spiro atoms. The summed E-state index contributed by atoms with van der Waals surface area (Å²) in [6, 6.07) is 15.7. The average molecular weight is 379 g/mol. The first-order chi connectivity index (χ1) is 9.70. The van der Waals surface area contributed by atoms with E-state index in [4.69, 9.17) is 0 Å². The van der Waals surface area contributed by atoms with E-state index in [-0.39, 0.29) is 5.91 Å². The van der Waals surface area contributed by atoms with Gasteiger partial charge in [0, 0.05) is 9.26 Å². The minimum Gasteiger partial charge on any atom is -0.322 e. The monoisotopic (exact) mass is 379 g/mol. The summed E-state index contributed by atoms with van der Waals surface area (Å²) in [6.45, 7) is 2.19. The van der Waals surface area contributed by atoms with E-state index < -0.39 is 0 Å². The molecule has 0 unspecified atom stereocenters. The number of anilines is 1. The van der Waals surface area contributed by atoms with Crippen LogP contribution in [-0.4, -0.2) is 5.91 Å². The van der Waals surface area contributed by atoms with Crippen LogP contribution in [0.5, 0.6) is 0 Å². The summed E-state index contributed by atoms with van der Waals surface area (Å²) in [7, 11) is 0. The lowest BCUT2D eigenvalue weighted by molar-refractivity contribution is 0.102. The Hall–Kier alpha value is -1.36. The molecular weight excluding hydrogens is 361 g/mol. The average Bonchev–Trinajstić information content (AvgIpc) is 2.47. The summed E-state index contributed by atoms with van der Waals surface area (Å²) in [5.41, 5.74) is 2.87. The Morgan fingerprint density at radius 3 is 2.45 bits per heavy atom. The number of hydrogen-bond donors (Lipinski definition) is 1. The van der Waals surface area contributed by atoms with Gasteiger partial charge in [0.2, 0.25) is 0 Å². The number of unbranched alkanes of at least 4 members (excludes halogenated alkanes) is 1. The van der Waals surface area contributed by atoms with Gasteiger partial charge in [-0.05, 0) is 65.3 Å². The first-order valence-electron chi connectivity index (χ1n) is 6.85. The van der Waals surface area contributed by atoms with Crippen LogP contribution >= 0.6 is 22.6 Å². The van der Waals surface area contributed by atoms with Crippen LogP contribution in [-0.2, 0) is 6.42 Å².